The summed E-state index contributed by atoms with van der Waals surface area (Å²) in [5.74, 6) is -0.955. The van der Waals surface area contributed by atoms with E-state index in [1.807, 2.05) is 13.8 Å². The van der Waals surface area contributed by atoms with Gasteiger partial charge < -0.3 is 15.2 Å². The van der Waals surface area contributed by atoms with Crippen LogP contribution in [0.2, 0.25) is 5.02 Å². The summed E-state index contributed by atoms with van der Waals surface area (Å²) in [6.07, 6.45) is -0.152. The second kappa shape index (κ2) is 6.80. The van der Waals surface area contributed by atoms with Gasteiger partial charge in [0.25, 0.3) is 5.91 Å². The maximum absolute atomic E-state index is 12.3. The number of nitrogens with one attached hydrogen (secondary N) is 1. The van der Waals surface area contributed by atoms with Gasteiger partial charge in [-0.15, -0.1) is 0 Å². The van der Waals surface area contributed by atoms with Crippen molar-refractivity contribution in [2.45, 2.75) is 32.7 Å². The second-order valence-electron chi connectivity index (χ2n) is 5.45. The van der Waals surface area contributed by atoms with Crippen LogP contribution in [0.15, 0.2) is 18.2 Å². The summed E-state index contributed by atoms with van der Waals surface area (Å²) >= 11 is 5.92. The van der Waals surface area contributed by atoms with E-state index in [-0.39, 0.29) is 18.2 Å². The minimum Gasteiger partial charge on any atom is -0.495 e. The van der Waals surface area contributed by atoms with Crippen LogP contribution in [0, 0.1) is 5.92 Å². The van der Waals surface area contributed by atoms with E-state index in [2.05, 4.69) is 5.32 Å². The SMILES string of the molecule is COc1cc(C(=O)NC(C)(CC(=O)O)C(C)C)ccc1Cl. The van der Waals surface area contributed by atoms with Crippen LogP contribution in [0.1, 0.15) is 37.6 Å². The molecule has 1 rings (SSSR count). The van der Waals surface area contributed by atoms with E-state index in [0.29, 0.717) is 16.3 Å². The monoisotopic (exact) mass is 313 g/mol. The summed E-state index contributed by atoms with van der Waals surface area (Å²) in [6.45, 7) is 5.45. The van der Waals surface area contributed by atoms with Gasteiger partial charge in [-0.2, -0.15) is 0 Å². The minimum absolute atomic E-state index is 0.0354. The van der Waals surface area contributed by atoms with Crippen LogP contribution < -0.4 is 10.1 Å². The number of amides is 1. The summed E-state index contributed by atoms with van der Waals surface area (Å²) in [6, 6.07) is 4.67. The van der Waals surface area contributed by atoms with Gasteiger partial charge in [0, 0.05) is 5.56 Å². The molecule has 0 saturated carbocycles. The van der Waals surface area contributed by atoms with E-state index in [4.69, 9.17) is 21.4 Å². The number of hydrogen-bond donors (Lipinski definition) is 2. The molecule has 1 amide bonds. The van der Waals surface area contributed by atoms with Crippen LogP contribution in [0.3, 0.4) is 0 Å². The fraction of sp³-hybridized carbons (Fsp3) is 0.467. The maximum Gasteiger partial charge on any atom is 0.305 e. The predicted octanol–water partition coefficient (Wildman–Crippen LogP) is 2.97. The molecule has 116 valence electrons. The first-order valence-electron chi connectivity index (χ1n) is 6.57. The molecule has 1 aromatic carbocycles. The molecule has 0 aromatic heterocycles. The van der Waals surface area contributed by atoms with Gasteiger partial charge in [0.05, 0.1) is 24.1 Å². The third-order valence-corrected chi connectivity index (χ3v) is 3.92. The van der Waals surface area contributed by atoms with Crippen molar-refractivity contribution < 1.29 is 19.4 Å². The second-order valence-corrected chi connectivity index (χ2v) is 5.85. The molecule has 0 aliphatic heterocycles. The molecular formula is C15H20ClNO4. The largest absolute Gasteiger partial charge is 0.495 e. The molecule has 1 unspecified atom stereocenters. The minimum atomic E-state index is -0.958. The molecule has 6 heteroatoms. The highest BCUT2D eigenvalue weighted by Gasteiger charge is 2.33. The number of carboxylic acids is 1. The zero-order chi connectivity index (χ0) is 16.2. The first-order valence-corrected chi connectivity index (χ1v) is 6.95. The van der Waals surface area contributed by atoms with Gasteiger partial charge in [-0.05, 0) is 31.0 Å². The van der Waals surface area contributed by atoms with E-state index in [9.17, 15) is 9.59 Å². The van der Waals surface area contributed by atoms with Crippen LogP contribution in [0.5, 0.6) is 5.75 Å². The van der Waals surface area contributed by atoms with Crippen molar-refractivity contribution in [3.05, 3.63) is 28.8 Å². The Bertz CT molecular complexity index is 544. The topological polar surface area (TPSA) is 75.6 Å². The molecule has 21 heavy (non-hydrogen) atoms. The first-order chi connectivity index (χ1) is 9.69. The van der Waals surface area contributed by atoms with E-state index in [1.54, 1.807) is 19.1 Å². The Kier molecular flexibility index (Phi) is 5.61. The van der Waals surface area contributed by atoms with E-state index in [0.717, 1.165) is 0 Å². The molecule has 2 N–H and O–H groups in total. The third kappa shape index (κ3) is 4.36. The number of halogens is 1. The lowest BCUT2D eigenvalue weighted by atomic mass is 9.85. The van der Waals surface area contributed by atoms with Crippen LogP contribution in [0.25, 0.3) is 0 Å². The molecule has 0 aliphatic rings. The lowest BCUT2D eigenvalue weighted by Gasteiger charge is -2.33. The molecule has 1 atom stereocenters. The van der Waals surface area contributed by atoms with Gasteiger partial charge in [-0.3, -0.25) is 9.59 Å². The smallest absolute Gasteiger partial charge is 0.305 e. The Hall–Kier alpha value is -1.75. The number of rotatable bonds is 6. The van der Waals surface area contributed by atoms with Crippen LogP contribution in [-0.2, 0) is 4.79 Å². The quantitative estimate of drug-likeness (QED) is 0.846. The summed E-state index contributed by atoms with van der Waals surface area (Å²) in [5, 5.41) is 12.2. The lowest BCUT2D eigenvalue weighted by Crippen LogP contribution is -2.51. The zero-order valence-electron chi connectivity index (χ0n) is 12.6. The van der Waals surface area contributed by atoms with Gasteiger partial charge in [-0.25, -0.2) is 0 Å². The number of aliphatic carboxylic acids is 1. The average molecular weight is 314 g/mol. The van der Waals surface area contributed by atoms with Gasteiger partial charge in [0.2, 0.25) is 0 Å². The first kappa shape index (κ1) is 17.3. The number of carbonyl (C=O) groups excluding carboxylic acids is 1. The molecule has 5 nitrogen and oxygen atoms in total. The van der Waals surface area contributed by atoms with Crippen molar-refractivity contribution >= 4 is 23.5 Å². The number of carboxylic acid groups (broad SMARTS) is 1. The Balaban J connectivity index is 3.00. The highest BCUT2D eigenvalue weighted by molar-refractivity contribution is 6.32. The van der Waals surface area contributed by atoms with Crippen LogP contribution >= 0.6 is 11.6 Å². The van der Waals surface area contributed by atoms with Crippen molar-refractivity contribution in [1.29, 1.82) is 0 Å². The standard InChI is InChI=1S/C15H20ClNO4/c1-9(2)15(3,8-13(18)19)17-14(20)10-5-6-11(16)12(7-10)21-4/h5-7,9H,8H2,1-4H3,(H,17,20)(H,18,19). The van der Waals surface area contributed by atoms with Gasteiger partial charge in [0.15, 0.2) is 0 Å². The van der Waals surface area contributed by atoms with E-state index in [1.165, 1.54) is 13.2 Å². The summed E-state index contributed by atoms with van der Waals surface area (Å²) in [4.78, 5) is 23.3. The van der Waals surface area contributed by atoms with Crippen LogP contribution in [0.4, 0.5) is 0 Å². The third-order valence-electron chi connectivity index (χ3n) is 3.61. The van der Waals surface area contributed by atoms with Crippen molar-refractivity contribution in [3.63, 3.8) is 0 Å². The van der Waals surface area contributed by atoms with Crippen molar-refractivity contribution in [3.8, 4) is 5.75 Å². The predicted molar refractivity (Wildman–Crippen MR) is 81.0 cm³/mol. The maximum atomic E-state index is 12.3. The molecule has 0 fully saturated rings. The zero-order valence-corrected chi connectivity index (χ0v) is 13.3. The lowest BCUT2D eigenvalue weighted by molar-refractivity contribution is -0.138. The fourth-order valence-corrected chi connectivity index (χ4v) is 2.03. The number of ether oxygens (including phenoxy) is 1. The molecule has 0 radical (unpaired) electrons. The van der Waals surface area contributed by atoms with Crippen molar-refractivity contribution in [1.82, 2.24) is 5.32 Å². The number of carbonyl (C=O) groups is 2. The fourth-order valence-electron chi connectivity index (χ4n) is 1.84. The Morgan fingerprint density at radius 3 is 2.52 bits per heavy atom. The Morgan fingerprint density at radius 1 is 1.43 bits per heavy atom. The summed E-state index contributed by atoms with van der Waals surface area (Å²) in [7, 11) is 1.46. The van der Waals surface area contributed by atoms with Gasteiger partial charge >= 0.3 is 5.97 Å². The molecule has 0 bridgehead atoms. The van der Waals surface area contributed by atoms with Gasteiger partial charge in [0.1, 0.15) is 5.75 Å². The molecule has 0 spiro atoms. The molecule has 0 saturated heterocycles. The summed E-state index contributed by atoms with van der Waals surface area (Å²) < 4.78 is 5.07. The molecule has 1 aromatic rings. The summed E-state index contributed by atoms with van der Waals surface area (Å²) in [5.41, 5.74) is -0.469. The normalized spacial score (nSPS) is 13.6. The van der Waals surface area contributed by atoms with E-state index >= 15 is 0 Å². The number of methoxy groups -OCH3 is 1. The molecule has 0 heterocycles. The molecular weight excluding hydrogens is 294 g/mol. The highest BCUT2D eigenvalue weighted by Crippen LogP contribution is 2.26. The van der Waals surface area contributed by atoms with Gasteiger partial charge in [-0.1, -0.05) is 25.4 Å². The van der Waals surface area contributed by atoms with Crippen molar-refractivity contribution in [2.75, 3.05) is 7.11 Å². The van der Waals surface area contributed by atoms with Crippen LogP contribution in [-0.4, -0.2) is 29.6 Å². The highest BCUT2D eigenvalue weighted by atomic mass is 35.5. The number of hydrogen-bond acceptors (Lipinski definition) is 3. The van der Waals surface area contributed by atoms with E-state index < -0.39 is 11.5 Å². The number of benzene rings is 1. The Morgan fingerprint density at radius 2 is 2.05 bits per heavy atom. The van der Waals surface area contributed by atoms with Crippen molar-refractivity contribution in [2.24, 2.45) is 5.92 Å². The molecule has 0 aliphatic carbocycles. The Labute approximate surface area is 129 Å². The average Bonchev–Trinajstić information content (AvgIpc) is 2.37.